The second-order valence-corrected chi connectivity index (χ2v) is 8.28. The number of benzene rings is 3. The fourth-order valence-corrected chi connectivity index (χ4v) is 4.18. The van der Waals surface area contributed by atoms with Crippen molar-refractivity contribution in [2.24, 2.45) is 0 Å². The maximum Gasteiger partial charge on any atom is 0.119 e. The van der Waals surface area contributed by atoms with Crippen molar-refractivity contribution in [3.63, 3.8) is 0 Å². The molecule has 0 atom stereocenters. The van der Waals surface area contributed by atoms with E-state index in [0.29, 0.717) is 0 Å². The van der Waals surface area contributed by atoms with Crippen LogP contribution in [-0.2, 0) is 0 Å². The zero-order valence-corrected chi connectivity index (χ0v) is 19.6. The summed E-state index contributed by atoms with van der Waals surface area (Å²) in [4.78, 5) is 0. The van der Waals surface area contributed by atoms with Crippen LogP contribution in [0.25, 0.3) is 45.0 Å². The molecule has 0 aliphatic heterocycles. The number of H-pyrrole nitrogens is 2. The molecule has 2 N–H and O–H groups in total. The fourth-order valence-electron chi connectivity index (χ4n) is 4.18. The smallest absolute Gasteiger partial charge is 0.119 e. The number of methoxy groups -OCH3 is 2. The average molecular weight is 451 g/mol. The van der Waals surface area contributed by atoms with Crippen LogP contribution in [0.4, 0.5) is 0 Å². The van der Waals surface area contributed by atoms with Crippen molar-refractivity contribution in [2.45, 2.75) is 13.8 Å². The molecular weight excluding hydrogens is 424 g/mol. The molecule has 5 rings (SSSR count). The molecule has 6 nitrogen and oxygen atoms in total. The Kier molecular flexibility index (Phi) is 5.64. The first-order valence-corrected chi connectivity index (χ1v) is 11.1. The lowest BCUT2D eigenvalue weighted by atomic mass is 10.0. The van der Waals surface area contributed by atoms with Gasteiger partial charge in [-0.3, -0.25) is 10.2 Å². The van der Waals surface area contributed by atoms with Gasteiger partial charge in [0.25, 0.3) is 0 Å². The van der Waals surface area contributed by atoms with Gasteiger partial charge in [-0.25, -0.2) is 0 Å². The molecule has 6 heteroatoms. The summed E-state index contributed by atoms with van der Waals surface area (Å²) in [6.07, 6.45) is 0. The second kappa shape index (κ2) is 8.90. The van der Waals surface area contributed by atoms with Crippen molar-refractivity contribution in [3.8, 4) is 56.5 Å². The molecule has 0 saturated heterocycles. The normalized spacial score (nSPS) is 10.9. The van der Waals surface area contributed by atoms with E-state index in [0.717, 1.165) is 67.7 Å². The molecule has 0 saturated carbocycles. The molecule has 5 aromatic rings. The number of hydrogen-bond acceptors (Lipinski definition) is 4. The van der Waals surface area contributed by atoms with Crippen LogP contribution in [0.15, 0.2) is 72.8 Å². The maximum absolute atomic E-state index is 5.32. The Morgan fingerprint density at radius 1 is 0.588 bits per heavy atom. The number of aromatic amines is 2. The minimum atomic E-state index is 0.844. The predicted octanol–water partition coefficient (Wildman–Crippen LogP) is 6.43. The number of hydrogen-bond donors (Lipinski definition) is 2. The molecule has 0 aliphatic carbocycles. The summed E-state index contributed by atoms with van der Waals surface area (Å²) >= 11 is 0. The summed E-state index contributed by atoms with van der Waals surface area (Å²) in [7, 11) is 3.35. The Balaban J connectivity index is 1.43. The number of aryl methyl sites for hydroxylation is 2. The van der Waals surface area contributed by atoms with E-state index in [2.05, 4.69) is 64.6 Å². The van der Waals surface area contributed by atoms with E-state index in [1.165, 1.54) is 0 Å². The van der Waals surface area contributed by atoms with E-state index in [4.69, 9.17) is 9.47 Å². The van der Waals surface area contributed by atoms with Gasteiger partial charge < -0.3 is 9.47 Å². The summed E-state index contributed by atoms with van der Waals surface area (Å²) in [6.45, 7) is 4.14. The lowest BCUT2D eigenvalue weighted by molar-refractivity contribution is 0.414. The Labute approximate surface area is 198 Å². The molecule has 0 spiro atoms. The zero-order chi connectivity index (χ0) is 23.7. The number of ether oxygens (including phenoxy) is 2. The predicted molar refractivity (Wildman–Crippen MR) is 135 cm³/mol. The lowest BCUT2D eigenvalue weighted by Gasteiger charge is -2.06. The molecular formula is C28H26N4O2. The second-order valence-electron chi connectivity index (χ2n) is 8.28. The van der Waals surface area contributed by atoms with Crippen LogP contribution in [0.3, 0.4) is 0 Å². The third-order valence-corrected chi connectivity index (χ3v) is 6.06. The van der Waals surface area contributed by atoms with Gasteiger partial charge in [0.15, 0.2) is 0 Å². The Morgan fingerprint density at radius 2 is 1.06 bits per heavy atom. The quantitative estimate of drug-likeness (QED) is 0.312. The molecule has 0 amide bonds. The molecule has 170 valence electrons. The molecule has 34 heavy (non-hydrogen) atoms. The fraction of sp³-hybridized carbons (Fsp3) is 0.143. The molecule has 2 aromatic heterocycles. The standard InChI is InChI=1S/C28H26N4O2/c1-17-12-21(33-3)8-10-23(17)27-15-25(29-31-27)19-6-5-7-20(14-19)26-16-28(32-30-26)24-11-9-22(34-4)13-18(24)2/h5-16H,1-4H3,(H,29,31)(H,30,32). The highest BCUT2D eigenvalue weighted by Gasteiger charge is 2.12. The summed E-state index contributed by atoms with van der Waals surface area (Å²) in [5.74, 6) is 1.69. The van der Waals surface area contributed by atoms with Gasteiger partial charge in [0, 0.05) is 22.3 Å². The topological polar surface area (TPSA) is 75.8 Å². The van der Waals surface area contributed by atoms with Gasteiger partial charge in [0.1, 0.15) is 11.5 Å². The first-order valence-electron chi connectivity index (χ1n) is 11.1. The van der Waals surface area contributed by atoms with Crippen LogP contribution in [0.1, 0.15) is 11.1 Å². The Hall–Kier alpha value is -4.32. The number of nitrogens with zero attached hydrogens (tertiary/aromatic N) is 2. The Morgan fingerprint density at radius 3 is 1.47 bits per heavy atom. The first kappa shape index (κ1) is 21.5. The van der Waals surface area contributed by atoms with Gasteiger partial charge in [0.2, 0.25) is 0 Å². The highest BCUT2D eigenvalue weighted by atomic mass is 16.5. The summed E-state index contributed by atoms with van der Waals surface area (Å²) < 4.78 is 10.6. The van der Waals surface area contributed by atoms with E-state index in [9.17, 15) is 0 Å². The van der Waals surface area contributed by atoms with Crippen molar-refractivity contribution in [2.75, 3.05) is 14.2 Å². The minimum Gasteiger partial charge on any atom is -0.497 e. The molecule has 3 aromatic carbocycles. The summed E-state index contributed by atoms with van der Waals surface area (Å²) in [5, 5.41) is 15.5. The van der Waals surface area contributed by atoms with Crippen LogP contribution in [0.2, 0.25) is 0 Å². The monoisotopic (exact) mass is 450 g/mol. The molecule has 0 aliphatic rings. The average Bonchev–Trinajstić information content (AvgIpc) is 3.54. The van der Waals surface area contributed by atoms with E-state index < -0.39 is 0 Å². The van der Waals surface area contributed by atoms with Crippen molar-refractivity contribution in [1.29, 1.82) is 0 Å². The van der Waals surface area contributed by atoms with Crippen molar-refractivity contribution >= 4 is 0 Å². The van der Waals surface area contributed by atoms with Gasteiger partial charge in [-0.15, -0.1) is 0 Å². The molecule has 0 radical (unpaired) electrons. The van der Waals surface area contributed by atoms with Crippen molar-refractivity contribution in [1.82, 2.24) is 20.4 Å². The van der Waals surface area contributed by atoms with Crippen LogP contribution >= 0.6 is 0 Å². The highest BCUT2D eigenvalue weighted by molar-refractivity contribution is 5.76. The van der Waals surface area contributed by atoms with Crippen LogP contribution in [0.5, 0.6) is 11.5 Å². The van der Waals surface area contributed by atoms with Crippen molar-refractivity contribution in [3.05, 3.63) is 83.9 Å². The van der Waals surface area contributed by atoms with Gasteiger partial charge in [-0.05, 0) is 79.6 Å². The van der Waals surface area contributed by atoms with Gasteiger partial charge >= 0.3 is 0 Å². The van der Waals surface area contributed by atoms with E-state index in [1.54, 1.807) is 14.2 Å². The largest absolute Gasteiger partial charge is 0.497 e. The minimum absolute atomic E-state index is 0.844. The van der Waals surface area contributed by atoms with Gasteiger partial charge in [0.05, 0.1) is 37.0 Å². The molecule has 0 unspecified atom stereocenters. The van der Waals surface area contributed by atoms with Gasteiger partial charge in [-0.1, -0.05) is 18.2 Å². The maximum atomic E-state index is 5.32. The molecule has 0 bridgehead atoms. The number of rotatable bonds is 6. The van der Waals surface area contributed by atoms with Gasteiger partial charge in [-0.2, -0.15) is 10.2 Å². The SMILES string of the molecule is COc1ccc(-c2cc(-c3cccc(-c4cc(-c5ccc(OC)cc5C)[nH]n4)c3)n[nH]2)c(C)c1. The van der Waals surface area contributed by atoms with E-state index >= 15 is 0 Å². The summed E-state index contributed by atoms with van der Waals surface area (Å²) in [6, 6.07) is 24.5. The highest BCUT2D eigenvalue weighted by Crippen LogP contribution is 2.32. The third kappa shape index (κ3) is 4.06. The van der Waals surface area contributed by atoms with E-state index in [1.807, 2.05) is 42.5 Å². The summed E-state index contributed by atoms with van der Waals surface area (Å²) in [5.41, 5.74) is 10.2. The van der Waals surface area contributed by atoms with Crippen molar-refractivity contribution < 1.29 is 9.47 Å². The zero-order valence-electron chi connectivity index (χ0n) is 19.6. The number of nitrogens with one attached hydrogen (secondary N) is 2. The first-order chi connectivity index (χ1) is 16.6. The van der Waals surface area contributed by atoms with Crippen LogP contribution < -0.4 is 9.47 Å². The third-order valence-electron chi connectivity index (χ3n) is 6.06. The lowest BCUT2D eigenvalue weighted by Crippen LogP contribution is -1.87. The number of aromatic nitrogens is 4. The molecule has 0 fully saturated rings. The van der Waals surface area contributed by atoms with Crippen LogP contribution in [-0.4, -0.2) is 34.6 Å². The van der Waals surface area contributed by atoms with E-state index in [-0.39, 0.29) is 0 Å². The molecule has 2 heterocycles. The van der Waals surface area contributed by atoms with Crippen LogP contribution in [0, 0.1) is 13.8 Å². The Bertz CT molecular complexity index is 1360.